The van der Waals surface area contributed by atoms with Gasteiger partial charge in [-0.25, -0.2) is 0 Å². The predicted octanol–water partition coefficient (Wildman–Crippen LogP) is 2.08. The molecule has 2 N–H and O–H groups in total. The van der Waals surface area contributed by atoms with Crippen molar-refractivity contribution < 1.29 is 9.59 Å². The predicted molar refractivity (Wildman–Crippen MR) is 90.1 cm³/mol. The zero-order valence-corrected chi connectivity index (χ0v) is 14.3. The molecule has 0 saturated heterocycles. The van der Waals surface area contributed by atoms with Crippen molar-refractivity contribution in [3.05, 3.63) is 12.3 Å². The van der Waals surface area contributed by atoms with Crippen molar-refractivity contribution in [1.29, 1.82) is 0 Å². The van der Waals surface area contributed by atoms with Gasteiger partial charge in [0, 0.05) is 25.7 Å². The molecule has 5 rings (SSSR count). The van der Waals surface area contributed by atoms with Crippen molar-refractivity contribution in [1.82, 2.24) is 15.1 Å². The third-order valence-electron chi connectivity index (χ3n) is 6.13. The van der Waals surface area contributed by atoms with Crippen LogP contribution in [-0.2, 0) is 16.6 Å². The van der Waals surface area contributed by atoms with E-state index < -0.39 is 0 Å². The molecule has 0 radical (unpaired) electrons. The first-order valence-corrected chi connectivity index (χ1v) is 9.06. The summed E-state index contributed by atoms with van der Waals surface area (Å²) in [5.74, 6) is 2.84. The highest BCUT2D eigenvalue weighted by Gasteiger charge is 2.51. The summed E-state index contributed by atoms with van der Waals surface area (Å²) < 4.78 is 1.63. The van der Waals surface area contributed by atoms with E-state index in [9.17, 15) is 9.59 Å². The maximum Gasteiger partial charge on any atom is 0.244 e. The molecule has 2 amide bonds. The molecule has 130 valence electrons. The average molecular weight is 330 g/mol. The zero-order chi connectivity index (χ0) is 16.7. The Morgan fingerprint density at radius 2 is 1.79 bits per heavy atom. The van der Waals surface area contributed by atoms with Gasteiger partial charge in [-0.05, 0) is 61.7 Å². The maximum absolute atomic E-state index is 12.4. The lowest BCUT2D eigenvalue weighted by molar-refractivity contribution is -0.131. The molecule has 1 aromatic heterocycles. The minimum absolute atomic E-state index is 0.0156. The molecule has 4 fully saturated rings. The Kier molecular flexibility index (Phi) is 3.85. The van der Waals surface area contributed by atoms with E-state index in [1.165, 1.54) is 38.5 Å². The quantitative estimate of drug-likeness (QED) is 0.868. The number of hydrogen-bond acceptors (Lipinski definition) is 3. The minimum Gasteiger partial charge on any atom is -0.347 e. The van der Waals surface area contributed by atoms with Crippen LogP contribution in [0.5, 0.6) is 0 Å². The number of anilines is 1. The van der Waals surface area contributed by atoms with Crippen molar-refractivity contribution >= 4 is 17.6 Å². The summed E-state index contributed by atoms with van der Waals surface area (Å²) in [6.45, 7) is 0.0156. The van der Waals surface area contributed by atoms with Crippen molar-refractivity contribution in [2.75, 3.05) is 11.9 Å². The maximum atomic E-state index is 12.4. The Morgan fingerprint density at radius 1 is 1.17 bits per heavy atom. The number of carbonyl (C=O) groups excluding carboxylic acids is 2. The van der Waals surface area contributed by atoms with Crippen LogP contribution in [0, 0.1) is 23.2 Å². The van der Waals surface area contributed by atoms with Crippen molar-refractivity contribution in [3.63, 3.8) is 0 Å². The van der Waals surface area contributed by atoms with E-state index in [0.717, 1.165) is 17.8 Å². The van der Waals surface area contributed by atoms with E-state index in [2.05, 4.69) is 15.7 Å². The molecule has 4 aliphatic carbocycles. The molecule has 1 aromatic rings. The van der Waals surface area contributed by atoms with Crippen LogP contribution in [0.15, 0.2) is 12.3 Å². The van der Waals surface area contributed by atoms with Gasteiger partial charge in [0.15, 0.2) is 5.82 Å². The van der Waals surface area contributed by atoms with Gasteiger partial charge in [-0.1, -0.05) is 0 Å². The second-order valence-corrected chi connectivity index (χ2v) is 8.29. The monoisotopic (exact) mass is 330 g/mol. The summed E-state index contributed by atoms with van der Waals surface area (Å²) in [4.78, 5) is 24.3. The first-order chi connectivity index (χ1) is 11.5. The number of amides is 2. The molecule has 4 saturated carbocycles. The molecule has 6 nitrogen and oxygen atoms in total. The lowest BCUT2D eigenvalue weighted by Crippen LogP contribution is -2.48. The molecule has 0 aromatic carbocycles. The Balaban J connectivity index is 1.27. The van der Waals surface area contributed by atoms with Crippen molar-refractivity contribution in [2.24, 2.45) is 30.2 Å². The van der Waals surface area contributed by atoms with Crippen LogP contribution in [-0.4, -0.2) is 28.1 Å². The molecule has 24 heavy (non-hydrogen) atoms. The topological polar surface area (TPSA) is 76.0 Å². The third-order valence-corrected chi connectivity index (χ3v) is 6.13. The molecule has 1 heterocycles. The molecule has 4 aliphatic rings. The summed E-state index contributed by atoms with van der Waals surface area (Å²) in [5.41, 5.74) is 0.219. The summed E-state index contributed by atoms with van der Waals surface area (Å²) in [7, 11) is 1.79. The second-order valence-electron chi connectivity index (χ2n) is 8.29. The van der Waals surface area contributed by atoms with Crippen LogP contribution in [0.1, 0.15) is 44.9 Å². The van der Waals surface area contributed by atoms with E-state index in [1.54, 1.807) is 24.0 Å². The SMILES string of the molecule is Cn1ccc(NC(=O)CNC(=O)CC23CC4CC(CC(C4)C2)C3)n1. The van der Waals surface area contributed by atoms with Gasteiger partial charge < -0.3 is 10.6 Å². The largest absolute Gasteiger partial charge is 0.347 e. The van der Waals surface area contributed by atoms with Gasteiger partial charge in [-0.2, -0.15) is 5.10 Å². The van der Waals surface area contributed by atoms with Gasteiger partial charge in [0.05, 0.1) is 6.54 Å². The first-order valence-electron chi connectivity index (χ1n) is 9.06. The summed E-state index contributed by atoms with van der Waals surface area (Å²) in [6, 6.07) is 1.73. The highest BCUT2D eigenvalue weighted by atomic mass is 16.2. The van der Waals surface area contributed by atoms with Crippen molar-refractivity contribution in [2.45, 2.75) is 44.9 Å². The molecule has 0 atom stereocenters. The third kappa shape index (κ3) is 3.19. The van der Waals surface area contributed by atoms with E-state index in [0.29, 0.717) is 12.2 Å². The summed E-state index contributed by atoms with van der Waals surface area (Å²) in [5, 5.41) is 9.59. The molecule has 4 bridgehead atoms. The number of aryl methyl sites for hydroxylation is 1. The molecule has 0 spiro atoms. The highest BCUT2D eigenvalue weighted by molar-refractivity contribution is 5.93. The average Bonchev–Trinajstić information content (AvgIpc) is 2.88. The van der Waals surface area contributed by atoms with Crippen LogP contribution in [0.3, 0.4) is 0 Å². The molecule has 0 aliphatic heterocycles. The first kappa shape index (κ1) is 15.7. The number of hydrogen-bond donors (Lipinski definition) is 2. The summed E-state index contributed by atoms with van der Waals surface area (Å²) >= 11 is 0. The molecule has 0 unspecified atom stereocenters. The van der Waals surface area contributed by atoms with Gasteiger partial charge in [0.25, 0.3) is 0 Å². The number of aromatic nitrogens is 2. The smallest absolute Gasteiger partial charge is 0.244 e. The number of carbonyl (C=O) groups is 2. The Labute approximate surface area is 142 Å². The number of nitrogens with zero attached hydrogens (tertiary/aromatic N) is 2. The van der Waals surface area contributed by atoms with Gasteiger partial charge in [-0.15, -0.1) is 0 Å². The number of nitrogens with one attached hydrogen (secondary N) is 2. The lowest BCUT2D eigenvalue weighted by Gasteiger charge is -2.56. The van der Waals surface area contributed by atoms with Crippen molar-refractivity contribution in [3.8, 4) is 0 Å². The van der Waals surface area contributed by atoms with E-state index in [-0.39, 0.29) is 23.8 Å². The molecular formula is C18H26N4O2. The van der Waals surface area contributed by atoms with Crippen LogP contribution >= 0.6 is 0 Å². The Hall–Kier alpha value is -1.85. The van der Waals surface area contributed by atoms with Crippen LogP contribution in [0.25, 0.3) is 0 Å². The van der Waals surface area contributed by atoms with Gasteiger partial charge in [0.2, 0.25) is 11.8 Å². The zero-order valence-electron chi connectivity index (χ0n) is 14.3. The molecule has 6 heteroatoms. The second kappa shape index (κ2) is 5.90. The lowest BCUT2D eigenvalue weighted by atomic mass is 9.49. The van der Waals surface area contributed by atoms with Gasteiger partial charge in [-0.3, -0.25) is 14.3 Å². The van der Waals surface area contributed by atoms with Gasteiger partial charge in [0.1, 0.15) is 0 Å². The fourth-order valence-electron chi connectivity index (χ4n) is 5.76. The minimum atomic E-state index is -0.229. The van der Waals surface area contributed by atoms with Crippen LogP contribution in [0.2, 0.25) is 0 Å². The van der Waals surface area contributed by atoms with E-state index >= 15 is 0 Å². The number of rotatable bonds is 5. The van der Waals surface area contributed by atoms with Crippen LogP contribution < -0.4 is 10.6 Å². The Morgan fingerprint density at radius 3 is 2.33 bits per heavy atom. The molecular weight excluding hydrogens is 304 g/mol. The highest BCUT2D eigenvalue weighted by Crippen LogP contribution is 2.61. The fraction of sp³-hybridized carbons (Fsp3) is 0.722. The van der Waals surface area contributed by atoms with Crippen LogP contribution in [0.4, 0.5) is 5.82 Å². The Bertz CT molecular complexity index is 616. The summed E-state index contributed by atoms with van der Waals surface area (Å²) in [6.07, 6.45) is 10.1. The van der Waals surface area contributed by atoms with Gasteiger partial charge >= 0.3 is 0 Å². The van der Waals surface area contributed by atoms with E-state index in [4.69, 9.17) is 0 Å². The van der Waals surface area contributed by atoms with E-state index in [1.807, 2.05) is 0 Å². The fourth-order valence-corrected chi connectivity index (χ4v) is 5.76. The normalized spacial score (nSPS) is 33.5. The standard InChI is InChI=1S/C18H26N4O2/c1-22-3-2-15(21-22)20-17(24)11-19-16(23)10-18-7-12-4-13(8-18)6-14(5-12)9-18/h2-3,12-14H,4-11H2,1H3,(H,19,23)(H,20,21,24).